The van der Waals surface area contributed by atoms with Crippen LogP contribution in [0.5, 0.6) is 0 Å². The summed E-state index contributed by atoms with van der Waals surface area (Å²) in [5, 5.41) is 8.84. The van der Waals surface area contributed by atoms with Crippen molar-refractivity contribution in [3.8, 4) is 6.07 Å². The standard InChI is InChI=1S/C10H9F2N3O2/c1-17-10(16)8-6(3-14)7(9(11)12)5(2-13)4-15-8/h4,9H,2,13H2,1H3. The number of alkyl halides is 2. The Kier molecular flexibility index (Phi) is 4.06. The fraction of sp³-hybridized carbons (Fsp3) is 0.300. The molecule has 0 radical (unpaired) electrons. The number of esters is 1. The maximum atomic E-state index is 12.8. The third kappa shape index (κ3) is 2.37. The number of rotatable bonds is 3. The summed E-state index contributed by atoms with van der Waals surface area (Å²) < 4.78 is 30.0. The van der Waals surface area contributed by atoms with E-state index in [-0.39, 0.29) is 12.1 Å². The van der Waals surface area contributed by atoms with Gasteiger partial charge in [0, 0.05) is 18.3 Å². The first-order valence-electron chi connectivity index (χ1n) is 4.55. The largest absolute Gasteiger partial charge is 0.464 e. The van der Waals surface area contributed by atoms with Gasteiger partial charge in [-0.3, -0.25) is 0 Å². The number of hydrogen-bond donors (Lipinski definition) is 1. The Hall–Kier alpha value is -2.07. The van der Waals surface area contributed by atoms with Crippen molar-refractivity contribution in [2.45, 2.75) is 13.0 Å². The van der Waals surface area contributed by atoms with Crippen molar-refractivity contribution in [3.63, 3.8) is 0 Å². The molecule has 2 N–H and O–H groups in total. The number of methoxy groups -OCH3 is 1. The van der Waals surface area contributed by atoms with E-state index in [2.05, 4.69) is 9.72 Å². The monoisotopic (exact) mass is 241 g/mol. The lowest BCUT2D eigenvalue weighted by Gasteiger charge is -2.10. The molecule has 0 aromatic carbocycles. The van der Waals surface area contributed by atoms with Gasteiger partial charge in [0.2, 0.25) is 0 Å². The molecule has 90 valence electrons. The molecule has 0 unspecified atom stereocenters. The van der Waals surface area contributed by atoms with Crippen LogP contribution in [0.4, 0.5) is 8.78 Å². The molecule has 1 heterocycles. The van der Waals surface area contributed by atoms with E-state index in [4.69, 9.17) is 11.0 Å². The zero-order valence-corrected chi connectivity index (χ0v) is 8.91. The highest BCUT2D eigenvalue weighted by atomic mass is 19.3. The maximum absolute atomic E-state index is 12.8. The van der Waals surface area contributed by atoms with Crippen LogP contribution in [-0.2, 0) is 11.3 Å². The van der Waals surface area contributed by atoms with Crippen molar-refractivity contribution >= 4 is 5.97 Å². The Bertz CT molecular complexity index is 483. The number of aromatic nitrogens is 1. The molecule has 0 bridgehead atoms. The maximum Gasteiger partial charge on any atom is 0.358 e. The van der Waals surface area contributed by atoms with E-state index in [1.54, 1.807) is 0 Å². The lowest BCUT2D eigenvalue weighted by molar-refractivity contribution is 0.0593. The third-order valence-corrected chi connectivity index (χ3v) is 2.13. The summed E-state index contributed by atoms with van der Waals surface area (Å²) in [4.78, 5) is 14.9. The first-order valence-corrected chi connectivity index (χ1v) is 4.55. The molecule has 5 nitrogen and oxygen atoms in total. The topological polar surface area (TPSA) is 89.0 Å². The van der Waals surface area contributed by atoms with Crippen LogP contribution in [-0.4, -0.2) is 18.1 Å². The number of nitrogens with zero attached hydrogens (tertiary/aromatic N) is 2. The summed E-state index contributed by atoms with van der Waals surface area (Å²) in [5.74, 6) is -0.938. The minimum Gasteiger partial charge on any atom is -0.464 e. The summed E-state index contributed by atoms with van der Waals surface area (Å²) in [7, 11) is 1.07. The van der Waals surface area contributed by atoms with Crippen LogP contribution in [0.3, 0.4) is 0 Å². The van der Waals surface area contributed by atoms with Gasteiger partial charge in [0.05, 0.1) is 12.7 Å². The highest BCUT2D eigenvalue weighted by molar-refractivity contribution is 5.90. The first-order chi connectivity index (χ1) is 8.06. The zero-order chi connectivity index (χ0) is 13.0. The molecule has 0 atom stereocenters. The smallest absolute Gasteiger partial charge is 0.358 e. The van der Waals surface area contributed by atoms with Crippen LogP contribution in [0.1, 0.15) is 33.6 Å². The second-order valence-electron chi connectivity index (χ2n) is 3.03. The van der Waals surface area contributed by atoms with Crippen molar-refractivity contribution in [2.75, 3.05) is 7.11 Å². The Morgan fingerprint density at radius 3 is 2.76 bits per heavy atom. The average molecular weight is 241 g/mol. The van der Waals surface area contributed by atoms with E-state index < -0.39 is 29.2 Å². The van der Waals surface area contributed by atoms with E-state index in [1.165, 1.54) is 6.07 Å². The molecule has 0 saturated heterocycles. The molecule has 17 heavy (non-hydrogen) atoms. The number of hydrogen-bond acceptors (Lipinski definition) is 5. The molecular weight excluding hydrogens is 232 g/mol. The van der Waals surface area contributed by atoms with E-state index in [9.17, 15) is 13.6 Å². The van der Waals surface area contributed by atoms with E-state index in [0.717, 1.165) is 13.3 Å². The van der Waals surface area contributed by atoms with Crippen LogP contribution in [0.2, 0.25) is 0 Å². The highest BCUT2D eigenvalue weighted by Gasteiger charge is 2.25. The van der Waals surface area contributed by atoms with Gasteiger partial charge in [0.1, 0.15) is 6.07 Å². The van der Waals surface area contributed by atoms with E-state index in [0.29, 0.717) is 0 Å². The van der Waals surface area contributed by atoms with Gasteiger partial charge >= 0.3 is 5.97 Å². The van der Waals surface area contributed by atoms with E-state index >= 15 is 0 Å². The minimum atomic E-state index is -2.91. The van der Waals surface area contributed by atoms with Gasteiger partial charge in [-0.05, 0) is 5.56 Å². The van der Waals surface area contributed by atoms with Gasteiger partial charge in [-0.25, -0.2) is 18.6 Å². The molecule has 0 saturated carbocycles. The molecule has 0 spiro atoms. The van der Waals surface area contributed by atoms with Gasteiger partial charge in [0.15, 0.2) is 5.69 Å². The number of ether oxygens (including phenoxy) is 1. The molecule has 0 amide bonds. The predicted molar refractivity (Wildman–Crippen MR) is 53.1 cm³/mol. The number of halogens is 2. The number of carbonyl (C=O) groups excluding carboxylic acids is 1. The molecule has 1 aromatic rings. The van der Waals surface area contributed by atoms with Crippen molar-refractivity contribution in [3.05, 3.63) is 28.6 Å². The number of nitriles is 1. The van der Waals surface area contributed by atoms with Crippen molar-refractivity contribution in [2.24, 2.45) is 5.73 Å². The summed E-state index contributed by atoms with van der Waals surface area (Å²) in [6.45, 7) is -0.192. The van der Waals surface area contributed by atoms with Gasteiger partial charge in [-0.2, -0.15) is 5.26 Å². The first kappa shape index (κ1) is 13.0. The SMILES string of the molecule is COC(=O)c1ncc(CN)c(C(F)F)c1C#N. The summed E-state index contributed by atoms with van der Waals surface area (Å²) >= 11 is 0. The fourth-order valence-corrected chi connectivity index (χ4v) is 1.34. The van der Waals surface area contributed by atoms with Crippen molar-refractivity contribution < 1.29 is 18.3 Å². The summed E-state index contributed by atoms with van der Waals surface area (Å²) in [5.41, 5.74) is 3.82. The molecule has 0 aliphatic rings. The second-order valence-corrected chi connectivity index (χ2v) is 3.03. The lowest BCUT2D eigenvalue weighted by Crippen LogP contribution is -2.13. The molecule has 0 fully saturated rings. The number of nitrogens with two attached hydrogens (primary N) is 1. The quantitative estimate of drug-likeness (QED) is 0.801. The zero-order valence-electron chi connectivity index (χ0n) is 8.91. The normalized spacial score (nSPS) is 10.1. The lowest BCUT2D eigenvalue weighted by atomic mass is 10.0. The van der Waals surface area contributed by atoms with Gasteiger partial charge in [-0.1, -0.05) is 0 Å². The van der Waals surface area contributed by atoms with Crippen molar-refractivity contribution in [1.82, 2.24) is 4.98 Å². The minimum absolute atomic E-state index is 0.0317. The van der Waals surface area contributed by atoms with Gasteiger partial charge in [0.25, 0.3) is 6.43 Å². The van der Waals surface area contributed by atoms with Gasteiger partial charge in [-0.15, -0.1) is 0 Å². The van der Waals surface area contributed by atoms with Crippen LogP contribution < -0.4 is 5.73 Å². The average Bonchev–Trinajstić information content (AvgIpc) is 2.35. The highest BCUT2D eigenvalue weighted by Crippen LogP contribution is 2.27. The fourth-order valence-electron chi connectivity index (χ4n) is 1.34. The second kappa shape index (κ2) is 5.32. The van der Waals surface area contributed by atoms with Gasteiger partial charge < -0.3 is 10.5 Å². The molecule has 0 aliphatic carbocycles. The predicted octanol–water partition coefficient (Wildman–Crippen LogP) is 1.14. The van der Waals surface area contributed by atoms with Crippen LogP contribution in [0, 0.1) is 11.3 Å². The van der Waals surface area contributed by atoms with Crippen LogP contribution >= 0.6 is 0 Å². The Morgan fingerprint density at radius 2 is 2.35 bits per heavy atom. The number of carbonyl (C=O) groups is 1. The molecule has 0 aliphatic heterocycles. The molecule has 7 heteroatoms. The molecule has 1 aromatic heterocycles. The third-order valence-electron chi connectivity index (χ3n) is 2.13. The summed E-state index contributed by atoms with van der Waals surface area (Å²) in [6, 6.07) is 1.54. The van der Waals surface area contributed by atoms with E-state index in [1.807, 2.05) is 0 Å². The van der Waals surface area contributed by atoms with Crippen LogP contribution in [0.25, 0.3) is 0 Å². The van der Waals surface area contributed by atoms with Crippen LogP contribution in [0.15, 0.2) is 6.20 Å². The molecular formula is C10H9F2N3O2. The Morgan fingerprint density at radius 1 is 1.71 bits per heavy atom. The Labute approximate surface area is 95.8 Å². The summed E-state index contributed by atoms with van der Waals surface area (Å²) in [6.07, 6.45) is -1.86. The van der Waals surface area contributed by atoms with Crippen molar-refractivity contribution in [1.29, 1.82) is 5.26 Å². The molecule has 1 rings (SSSR count). The Balaban J connectivity index is 3.53. The number of pyridine rings is 1.